The van der Waals surface area contributed by atoms with Crippen LogP contribution >= 0.6 is 0 Å². The van der Waals surface area contributed by atoms with Crippen LogP contribution in [0.1, 0.15) is 93.4 Å². The fourth-order valence-corrected chi connectivity index (χ4v) is 1.85. The molecule has 0 rings (SSSR count). The zero-order valence-electron chi connectivity index (χ0n) is 13.7. The van der Waals surface area contributed by atoms with Gasteiger partial charge in [-0.3, -0.25) is 0 Å². The highest BCUT2D eigenvalue weighted by Crippen LogP contribution is 2.20. The Morgan fingerprint density at radius 2 is 1.12 bits per heavy atom. The van der Waals surface area contributed by atoms with Crippen LogP contribution in [0, 0.1) is 17.8 Å². The number of hydrogen-bond donors (Lipinski definition) is 0. The van der Waals surface area contributed by atoms with Gasteiger partial charge in [0.1, 0.15) is 0 Å². The van der Waals surface area contributed by atoms with Crippen LogP contribution in [-0.4, -0.2) is 0 Å². The molecule has 0 saturated heterocycles. The molecule has 0 nitrogen and oxygen atoms in total. The third-order valence-corrected chi connectivity index (χ3v) is 3.82. The molecule has 0 aromatic heterocycles. The van der Waals surface area contributed by atoms with Crippen molar-refractivity contribution in [2.75, 3.05) is 0 Å². The lowest BCUT2D eigenvalue weighted by atomic mass is 9.91. The SMILES string of the molecule is CCC(C)C.CCCC(C)CCC(CC)CC. The van der Waals surface area contributed by atoms with E-state index >= 15 is 0 Å². The van der Waals surface area contributed by atoms with E-state index in [1.807, 2.05) is 0 Å². The summed E-state index contributed by atoms with van der Waals surface area (Å²) in [7, 11) is 0. The maximum Gasteiger partial charge on any atom is -0.0419 e. The number of hydrogen-bond acceptors (Lipinski definition) is 0. The van der Waals surface area contributed by atoms with E-state index in [-0.39, 0.29) is 0 Å². The molecule has 1 atom stereocenters. The van der Waals surface area contributed by atoms with E-state index in [0.717, 1.165) is 17.8 Å². The molecule has 17 heavy (non-hydrogen) atoms. The maximum absolute atomic E-state index is 2.39. The highest BCUT2D eigenvalue weighted by atomic mass is 14.1. The molecule has 0 aliphatic heterocycles. The molecule has 0 fully saturated rings. The van der Waals surface area contributed by atoms with Gasteiger partial charge in [-0.1, -0.05) is 93.4 Å². The Bertz CT molecular complexity index is 122. The topological polar surface area (TPSA) is 0 Å². The minimum Gasteiger partial charge on any atom is -0.0654 e. The second-order valence-corrected chi connectivity index (χ2v) is 5.96. The third-order valence-electron chi connectivity index (χ3n) is 3.82. The van der Waals surface area contributed by atoms with Crippen molar-refractivity contribution in [3.8, 4) is 0 Å². The summed E-state index contributed by atoms with van der Waals surface area (Å²) in [5.74, 6) is 2.83. The second-order valence-electron chi connectivity index (χ2n) is 5.96. The quantitative estimate of drug-likeness (QED) is 0.444. The maximum atomic E-state index is 2.39. The Morgan fingerprint density at radius 3 is 1.41 bits per heavy atom. The van der Waals surface area contributed by atoms with Gasteiger partial charge in [0.05, 0.1) is 0 Å². The molecule has 0 radical (unpaired) electrons. The van der Waals surface area contributed by atoms with Gasteiger partial charge in [0.2, 0.25) is 0 Å². The average Bonchev–Trinajstić information content (AvgIpc) is 2.31. The van der Waals surface area contributed by atoms with Gasteiger partial charge in [-0.05, 0) is 17.8 Å². The van der Waals surface area contributed by atoms with E-state index in [9.17, 15) is 0 Å². The van der Waals surface area contributed by atoms with Crippen molar-refractivity contribution in [1.29, 1.82) is 0 Å². The molecule has 0 aliphatic carbocycles. The Labute approximate surface area is 112 Å². The fraction of sp³-hybridized carbons (Fsp3) is 1.00. The van der Waals surface area contributed by atoms with E-state index in [1.165, 1.54) is 44.9 Å². The summed E-state index contributed by atoms with van der Waals surface area (Å²) in [6.07, 6.45) is 9.71. The fourth-order valence-electron chi connectivity index (χ4n) is 1.85. The molecule has 0 heteroatoms. The molecule has 0 spiro atoms. The van der Waals surface area contributed by atoms with Crippen molar-refractivity contribution in [1.82, 2.24) is 0 Å². The Morgan fingerprint density at radius 1 is 0.647 bits per heavy atom. The largest absolute Gasteiger partial charge is 0.0654 e. The van der Waals surface area contributed by atoms with Crippen molar-refractivity contribution in [3.63, 3.8) is 0 Å². The summed E-state index contributed by atoms with van der Waals surface area (Å²) in [6, 6.07) is 0. The van der Waals surface area contributed by atoms with E-state index < -0.39 is 0 Å². The summed E-state index contributed by atoms with van der Waals surface area (Å²) >= 11 is 0. The molecule has 0 aromatic carbocycles. The predicted octanol–water partition coefficient (Wildman–Crippen LogP) is 6.69. The van der Waals surface area contributed by atoms with Crippen molar-refractivity contribution in [2.24, 2.45) is 17.8 Å². The Hall–Kier alpha value is 0. The van der Waals surface area contributed by atoms with Gasteiger partial charge in [-0.15, -0.1) is 0 Å². The molecule has 0 heterocycles. The van der Waals surface area contributed by atoms with Gasteiger partial charge in [-0.25, -0.2) is 0 Å². The molecule has 1 unspecified atom stereocenters. The van der Waals surface area contributed by atoms with E-state index in [4.69, 9.17) is 0 Å². The lowest BCUT2D eigenvalue weighted by Gasteiger charge is -2.15. The monoisotopic (exact) mass is 242 g/mol. The first-order valence-corrected chi connectivity index (χ1v) is 8.01. The summed E-state index contributed by atoms with van der Waals surface area (Å²) in [4.78, 5) is 0. The lowest BCUT2D eigenvalue weighted by Crippen LogP contribution is -2.01. The lowest BCUT2D eigenvalue weighted by molar-refractivity contribution is 0.377. The van der Waals surface area contributed by atoms with Crippen LogP contribution in [0.2, 0.25) is 0 Å². The molecule has 0 aliphatic rings. The minimum atomic E-state index is 0.884. The summed E-state index contributed by atoms with van der Waals surface area (Å²) in [6.45, 7) is 16.0. The van der Waals surface area contributed by atoms with Crippen LogP contribution in [0.4, 0.5) is 0 Å². The summed E-state index contributed by atoms with van der Waals surface area (Å²) < 4.78 is 0. The van der Waals surface area contributed by atoms with Crippen LogP contribution < -0.4 is 0 Å². The summed E-state index contributed by atoms with van der Waals surface area (Å²) in [5.41, 5.74) is 0. The van der Waals surface area contributed by atoms with Gasteiger partial charge in [-0.2, -0.15) is 0 Å². The molecular weight excluding hydrogens is 204 g/mol. The molecule has 0 aromatic rings. The molecule has 0 saturated carbocycles. The van der Waals surface area contributed by atoms with E-state index in [2.05, 4.69) is 48.5 Å². The second kappa shape index (κ2) is 14.1. The smallest absolute Gasteiger partial charge is 0.0419 e. The van der Waals surface area contributed by atoms with E-state index in [0.29, 0.717) is 0 Å². The first-order valence-electron chi connectivity index (χ1n) is 8.01. The Kier molecular flexibility index (Phi) is 16.0. The average molecular weight is 242 g/mol. The van der Waals surface area contributed by atoms with Gasteiger partial charge in [0.15, 0.2) is 0 Å². The van der Waals surface area contributed by atoms with Crippen LogP contribution in [0.15, 0.2) is 0 Å². The van der Waals surface area contributed by atoms with Gasteiger partial charge in [0, 0.05) is 0 Å². The van der Waals surface area contributed by atoms with Crippen LogP contribution in [-0.2, 0) is 0 Å². The standard InChI is InChI=1S/C12H26.C5H12/c1-5-8-11(4)9-10-12(6-2)7-3;1-4-5(2)3/h11-12H,5-10H2,1-4H3;5H,4H2,1-3H3. The van der Waals surface area contributed by atoms with Crippen LogP contribution in [0.25, 0.3) is 0 Å². The molecule has 0 amide bonds. The minimum absolute atomic E-state index is 0.884. The highest BCUT2D eigenvalue weighted by molar-refractivity contribution is 4.59. The van der Waals surface area contributed by atoms with Gasteiger partial charge >= 0.3 is 0 Å². The molecule has 0 bridgehead atoms. The van der Waals surface area contributed by atoms with E-state index in [1.54, 1.807) is 0 Å². The van der Waals surface area contributed by atoms with Crippen LogP contribution in [0.5, 0.6) is 0 Å². The van der Waals surface area contributed by atoms with Gasteiger partial charge in [0.25, 0.3) is 0 Å². The predicted molar refractivity (Wildman–Crippen MR) is 82.5 cm³/mol. The zero-order valence-corrected chi connectivity index (χ0v) is 13.7. The molecule has 106 valence electrons. The first kappa shape index (κ1) is 19.3. The van der Waals surface area contributed by atoms with Crippen LogP contribution in [0.3, 0.4) is 0 Å². The van der Waals surface area contributed by atoms with Gasteiger partial charge < -0.3 is 0 Å². The first-order chi connectivity index (χ1) is 8.01. The zero-order chi connectivity index (χ0) is 13.7. The molecular formula is C17H38. The summed E-state index contributed by atoms with van der Waals surface area (Å²) in [5, 5.41) is 0. The normalized spacial score (nSPS) is 12.5. The third kappa shape index (κ3) is 16.0. The Balaban J connectivity index is 0. The van der Waals surface area contributed by atoms with Crippen molar-refractivity contribution >= 4 is 0 Å². The highest BCUT2D eigenvalue weighted by Gasteiger charge is 2.06. The van der Waals surface area contributed by atoms with Crippen molar-refractivity contribution < 1.29 is 0 Å². The molecule has 0 N–H and O–H groups in total. The van der Waals surface area contributed by atoms with Crippen molar-refractivity contribution in [3.05, 3.63) is 0 Å². The van der Waals surface area contributed by atoms with Crippen molar-refractivity contribution in [2.45, 2.75) is 93.4 Å². The number of rotatable bonds is 8.